The fourth-order valence-corrected chi connectivity index (χ4v) is 2.98. The first-order chi connectivity index (χ1) is 9.06. The Hall–Kier alpha value is -0.910. The van der Waals surface area contributed by atoms with Crippen LogP contribution in [0.4, 0.5) is 0 Å². The van der Waals surface area contributed by atoms with Gasteiger partial charge in [-0.3, -0.25) is 0 Å². The van der Waals surface area contributed by atoms with Crippen molar-refractivity contribution < 1.29 is 18.3 Å². The van der Waals surface area contributed by atoms with E-state index in [-0.39, 0.29) is 18.8 Å². The minimum absolute atomic E-state index is 0.0602. The molecule has 1 aromatic carbocycles. The van der Waals surface area contributed by atoms with Gasteiger partial charge >= 0.3 is 0 Å². The third kappa shape index (κ3) is 6.18. The normalized spacial score (nSPS) is 13.4. The summed E-state index contributed by atoms with van der Waals surface area (Å²) in [4.78, 5) is 0.300. The van der Waals surface area contributed by atoms with Crippen molar-refractivity contribution in [2.75, 3.05) is 19.0 Å². The van der Waals surface area contributed by atoms with Crippen molar-refractivity contribution >= 4 is 9.84 Å². The zero-order valence-corrected chi connectivity index (χ0v) is 12.1. The number of hydrogen-bond acceptors (Lipinski definition) is 4. The number of ether oxygens (including phenoxy) is 1. The molecule has 5 heteroatoms. The lowest BCUT2D eigenvalue weighted by Crippen LogP contribution is -2.20. The second kappa shape index (κ2) is 8.30. The fraction of sp³-hybridized carbons (Fsp3) is 0.571. The third-order valence-electron chi connectivity index (χ3n) is 2.77. The monoisotopic (exact) mass is 286 g/mol. The van der Waals surface area contributed by atoms with Crippen LogP contribution in [0, 0.1) is 0 Å². The molecular formula is C14H22O4S. The zero-order chi connectivity index (χ0) is 14.1. The van der Waals surface area contributed by atoms with Crippen LogP contribution in [-0.4, -0.2) is 38.6 Å². The first-order valence-electron chi connectivity index (χ1n) is 6.60. The van der Waals surface area contributed by atoms with Gasteiger partial charge in [0.05, 0.1) is 23.4 Å². The van der Waals surface area contributed by atoms with Crippen LogP contribution in [0.25, 0.3) is 0 Å². The van der Waals surface area contributed by atoms with Crippen LogP contribution in [0.3, 0.4) is 0 Å². The fourth-order valence-electron chi connectivity index (χ4n) is 1.59. The molecule has 0 aliphatic heterocycles. The summed E-state index contributed by atoms with van der Waals surface area (Å²) in [6.07, 6.45) is 1.46. The van der Waals surface area contributed by atoms with Crippen LogP contribution < -0.4 is 0 Å². The first kappa shape index (κ1) is 16.1. The molecule has 19 heavy (non-hydrogen) atoms. The molecule has 0 aliphatic carbocycles. The van der Waals surface area contributed by atoms with E-state index in [2.05, 4.69) is 6.92 Å². The van der Waals surface area contributed by atoms with Crippen molar-refractivity contribution in [1.82, 2.24) is 0 Å². The Morgan fingerprint density at radius 3 is 2.58 bits per heavy atom. The Bertz CT molecular complexity index is 442. The molecule has 1 atom stereocenters. The van der Waals surface area contributed by atoms with E-state index in [9.17, 15) is 13.5 Å². The highest BCUT2D eigenvalue weighted by molar-refractivity contribution is 7.91. The molecular weight excluding hydrogens is 264 g/mol. The van der Waals surface area contributed by atoms with Gasteiger partial charge in [0.2, 0.25) is 0 Å². The summed E-state index contributed by atoms with van der Waals surface area (Å²) < 4.78 is 29.2. The smallest absolute Gasteiger partial charge is 0.178 e. The summed E-state index contributed by atoms with van der Waals surface area (Å²) >= 11 is 0. The Morgan fingerprint density at radius 1 is 1.26 bits per heavy atom. The number of aliphatic hydroxyl groups is 1. The molecule has 0 amide bonds. The number of benzene rings is 1. The van der Waals surface area contributed by atoms with E-state index in [1.165, 1.54) is 0 Å². The summed E-state index contributed by atoms with van der Waals surface area (Å²) in [5.41, 5.74) is 0. The van der Waals surface area contributed by atoms with Crippen molar-refractivity contribution in [3.05, 3.63) is 30.3 Å². The van der Waals surface area contributed by atoms with Gasteiger partial charge in [0.15, 0.2) is 9.84 Å². The summed E-state index contributed by atoms with van der Waals surface area (Å²) in [7, 11) is -3.31. The van der Waals surface area contributed by atoms with Gasteiger partial charge in [-0.15, -0.1) is 0 Å². The largest absolute Gasteiger partial charge is 0.391 e. The summed E-state index contributed by atoms with van der Waals surface area (Å²) in [6, 6.07) is 8.29. The van der Waals surface area contributed by atoms with Gasteiger partial charge in [-0.2, -0.15) is 0 Å². The van der Waals surface area contributed by atoms with Crippen LogP contribution in [0.15, 0.2) is 35.2 Å². The lowest BCUT2D eigenvalue weighted by molar-refractivity contribution is 0.0343. The van der Waals surface area contributed by atoms with Crippen molar-refractivity contribution in [2.45, 2.75) is 37.2 Å². The Morgan fingerprint density at radius 2 is 1.95 bits per heavy atom. The van der Waals surface area contributed by atoms with E-state index in [0.717, 1.165) is 12.8 Å². The molecule has 108 valence electrons. The summed E-state index contributed by atoms with van der Waals surface area (Å²) in [6.45, 7) is 2.87. The van der Waals surface area contributed by atoms with Crippen molar-refractivity contribution in [1.29, 1.82) is 0 Å². The maximum absolute atomic E-state index is 12.0. The predicted molar refractivity (Wildman–Crippen MR) is 74.8 cm³/mol. The molecule has 0 saturated carbocycles. The highest BCUT2D eigenvalue weighted by atomic mass is 32.2. The molecule has 0 aliphatic rings. The predicted octanol–water partition coefficient (Wildman–Crippen LogP) is 2.03. The molecule has 0 spiro atoms. The average molecular weight is 286 g/mol. The zero-order valence-electron chi connectivity index (χ0n) is 11.3. The van der Waals surface area contributed by atoms with E-state index >= 15 is 0 Å². The highest BCUT2D eigenvalue weighted by Crippen LogP contribution is 2.12. The number of hydrogen-bond donors (Lipinski definition) is 1. The maximum atomic E-state index is 12.0. The van der Waals surface area contributed by atoms with Crippen molar-refractivity contribution in [3.63, 3.8) is 0 Å². The minimum Gasteiger partial charge on any atom is -0.391 e. The second-order valence-corrected chi connectivity index (χ2v) is 6.61. The summed E-state index contributed by atoms with van der Waals surface area (Å²) in [5.74, 6) is -0.0602. The Kier molecular flexibility index (Phi) is 7.05. The number of sulfone groups is 1. The number of unbranched alkanes of at least 4 members (excludes halogenated alkanes) is 1. The first-order valence-corrected chi connectivity index (χ1v) is 8.25. The van der Waals surface area contributed by atoms with Gasteiger partial charge in [0.25, 0.3) is 0 Å². The average Bonchev–Trinajstić information content (AvgIpc) is 2.42. The number of aliphatic hydroxyl groups excluding tert-OH is 1. The van der Waals surface area contributed by atoms with E-state index in [1.807, 2.05) is 0 Å². The molecule has 0 bridgehead atoms. The van der Waals surface area contributed by atoms with Gasteiger partial charge in [0.1, 0.15) is 0 Å². The lowest BCUT2D eigenvalue weighted by atomic mass is 10.3. The van der Waals surface area contributed by atoms with Crippen molar-refractivity contribution in [3.8, 4) is 0 Å². The Balaban J connectivity index is 2.35. The molecule has 1 aromatic rings. The standard InChI is InChI=1S/C14H22O4S/c1-2-3-10-18-12-13(15)9-11-19(16,17)14-7-5-4-6-8-14/h4-8,13,15H,2-3,9-12H2,1H3. The highest BCUT2D eigenvalue weighted by Gasteiger charge is 2.16. The number of rotatable bonds is 9. The van der Waals surface area contributed by atoms with Crippen LogP contribution in [0.1, 0.15) is 26.2 Å². The van der Waals surface area contributed by atoms with Crippen molar-refractivity contribution in [2.24, 2.45) is 0 Å². The molecule has 0 fully saturated rings. The molecule has 0 saturated heterocycles. The van der Waals surface area contributed by atoms with Crippen LogP contribution in [-0.2, 0) is 14.6 Å². The van der Waals surface area contributed by atoms with Gasteiger partial charge in [0, 0.05) is 6.61 Å². The third-order valence-corrected chi connectivity index (χ3v) is 4.54. The van der Waals surface area contributed by atoms with E-state index in [0.29, 0.717) is 11.5 Å². The molecule has 0 aromatic heterocycles. The van der Waals surface area contributed by atoms with Gasteiger partial charge in [-0.25, -0.2) is 8.42 Å². The molecule has 0 radical (unpaired) electrons. The van der Waals surface area contributed by atoms with E-state index in [1.54, 1.807) is 30.3 Å². The van der Waals surface area contributed by atoms with Crippen LogP contribution in [0.2, 0.25) is 0 Å². The van der Waals surface area contributed by atoms with E-state index in [4.69, 9.17) is 4.74 Å². The molecule has 0 heterocycles. The van der Waals surface area contributed by atoms with Gasteiger partial charge < -0.3 is 9.84 Å². The molecule has 1 N–H and O–H groups in total. The van der Waals surface area contributed by atoms with Crippen LogP contribution in [0.5, 0.6) is 0 Å². The van der Waals surface area contributed by atoms with Gasteiger partial charge in [-0.05, 0) is 25.0 Å². The maximum Gasteiger partial charge on any atom is 0.178 e. The van der Waals surface area contributed by atoms with Crippen LogP contribution >= 0.6 is 0 Å². The summed E-state index contributed by atoms with van der Waals surface area (Å²) in [5, 5.41) is 9.67. The molecule has 1 unspecified atom stereocenters. The molecule has 1 rings (SSSR count). The molecule has 4 nitrogen and oxygen atoms in total. The van der Waals surface area contributed by atoms with E-state index < -0.39 is 15.9 Å². The Labute approximate surface area is 115 Å². The SMILES string of the molecule is CCCCOCC(O)CCS(=O)(=O)c1ccccc1. The topological polar surface area (TPSA) is 63.6 Å². The quantitative estimate of drug-likeness (QED) is 0.706. The minimum atomic E-state index is -3.31. The second-order valence-electron chi connectivity index (χ2n) is 4.50. The lowest BCUT2D eigenvalue weighted by Gasteiger charge is -2.11. The van der Waals surface area contributed by atoms with Gasteiger partial charge in [-0.1, -0.05) is 31.5 Å².